The summed E-state index contributed by atoms with van der Waals surface area (Å²) in [5, 5.41) is 32.0. The molecule has 1 aliphatic heterocycles. The smallest absolute Gasteiger partial charge is 0.326 e. The molecule has 1 fully saturated rings. The third-order valence-electron chi connectivity index (χ3n) is 5.88. The first kappa shape index (κ1) is 28.8. The van der Waals surface area contributed by atoms with Crippen molar-refractivity contribution in [3.8, 4) is 0 Å². The average molecular weight is 487 g/mol. The molecule has 1 aliphatic rings. The Morgan fingerprint density at radius 2 is 1.56 bits per heavy atom. The van der Waals surface area contributed by atoms with E-state index in [-0.39, 0.29) is 31.7 Å². The highest BCUT2D eigenvalue weighted by Gasteiger charge is 2.40. The summed E-state index contributed by atoms with van der Waals surface area (Å²) >= 11 is 0. The van der Waals surface area contributed by atoms with E-state index < -0.39 is 66.2 Å². The number of nitrogens with one attached hydrogen (secondary N) is 2. The Morgan fingerprint density at radius 3 is 2.09 bits per heavy atom. The molecule has 5 unspecified atom stereocenters. The van der Waals surface area contributed by atoms with Crippen LogP contribution in [0.2, 0.25) is 0 Å². The summed E-state index contributed by atoms with van der Waals surface area (Å²) in [5.74, 6) is -6.08. The highest BCUT2D eigenvalue weighted by molar-refractivity contribution is 5.94. The lowest BCUT2D eigenvalue weighted by atomic mass is 9.96. The van der Waals surface area contributed by atoms with Crippen LogP contribution in [0, 0.1) is 5.92 Å². The number of carbonyl (C=O) groups is 6. The number of hydrogen-bond donors (Lipinski definition) is 6. The van der Waals surface area contributed by atoms with Gasteiger partial charge >= 0.3 is 17.9 Å². The lowest BCUT2D eigenvalue weighted by Crippen LogP contribution is -2.58. The quantitative estimate of drug-likeness (QED) is 0.178. The maximum Gasteiger partial charge on any atom is 0.326 e. The van der Waals surface area contributed by atoms with Crippen molar-refractivity contribution in [2.45, 2.75) is 83.0 Å². The van der Waals surface area contributed by atoms with Gasteiger partial charge in [0.15, 0.2) is 0 Å². The number of carboxylic acid groups (broad SMARTS) is 3. The number of rotatable bonds is 14. The molecule has 7 N–H and O–H groups in total. The molecule has 0 aromatic rings. The zero-order valence-corrected chi connectivity index (χ0v) is 19.4. The van der Waals surface area contributed by atoms with E-state index in [9.17, 15) is 33.9 Å². The fourth-order valence-corrected chi connectivity index (χ4v) is 3.63. The van der Waals surface area contributed by atoms with Crippen molar-refractivity contribution in [1.29, 1.82) is 0 Å². The molecule has 0 aromatic heterocycles. The number of nitrogens with two attached hydrogens (primary N) is 1. The minimum atomic E-state index is -1.34. The van der Waals surface area contributed by atoms with Crippen LogP contribution in [0.5, 0.6) is 0 Å². The summed E-state index contributed by atoms with van der Waals surface area (Å²) in [4.78, 5) is 73.0. The highest BCUT2D eigenvalue weighted by Crippen LogP contribution is 2.21. The molecule has 13 heteroatoms. The zero-order chi connectivity index (χ0) is 26.0. The van der Waals surface area contributed by atoms with Crippen LogP contribution in [0.3, 0.4) is 0 Å². The number of carboxylic acids is 3. The van der Waals surface area contributed by atoms with Gasteiger partial charge in [0.25, 0.3) is 0 Å². The largest absolute Gasteiger partial charge is 0.481 e. The summed E-state index contributed by atoms with van der Waals surface area (Å²) in [6, 6.07) is -4.65. The molecule has 0 saturated carbocycles. The molecule has 1 rings (SSSR count). The van der Waals surface area contributed by atoms with Gasteiger partial charge in [0, 0.05) is 19.4 Å². The second-order valence-corrected chi connectivity index (χ2v) is 8.43. The van der Waals surface area contributed by atoms with Crippen molar-refractivity contribution in [2.75, 3.05) is 6.54 Å². The molecule has 5 atom stereocenters. The van der Waals surface area contributed by atoms with Gasteiger partial charge in [0.2, 0.25) is 17.7 Å². The minimum absolute atomic E-state index is 0.187. The van der Waals surface area contributed by atoms with Gasteiger partial charge < -0.3 is 36.6 Å². The van der Waals surface area contributed by atoms with Crippen LogP contribution in [0.15, 0.2) is 0 Å². The maximum atomic E-state index is 13.2. The Hall–Kier alpha value is -3.22. The van der Waals surface area contributed by atoms with E-state index in [2.05, 4.69) is 10.6 Å². The average Bonchev–Trinajstić information content (AvgIpc) is 3.27. The summed E-state index contributed by atoms with van der Waals surface area (Å²) < 4.78 is 0. The number of hydrogen-bond acceptors (Lipinski definition) is 7. The van der Waals surface area contributed by atoms with Gasteiger partial charge in [-0.1, -0.05) is 20.3 Å². The lowest BCUT2D eigenvalue weighted by Gasteiger charge is -2.31. The van der Waals surface area contributed by atoms with Crippen molar-refractivity contribution in [2.24, 2.45) is 11.7 Å². The number of amides is 3. The molecule has 0 aromatic carbocycles. The maximum absolute atomic E-state index is 13.2. The SMILES string of the molecule is CCC(C)C(NC(=O)C(CCC(=O)O)NC(=O)C(N)CCC(=O)O)C(=O)N1CCCC1C(=O)O. The summed E-state index contributed by atoms with van der Waals surface area (Å²) in [5.41, 5.74) is 5.68. The lowest BCUT2D eigenvalue weighted by molar-refractivity contribution is -0.150. The van der Waals surface area contributed by atoms with Crippen LogP contribution in [0.1, 0.15) is 58.8 Å². The molecule has 1 saturated heterocycles. The van der Waals surface area contributed by atoms with Gasteiger partial charge in [-0.2, -0.15) is 0 Å². The van der Waals surface area contributed by atoms with Crippen LogP contribution in [-0.2, 0) is 28.8 Å². The third-order valence-corrected chi connectivity index (χ3v) is 5.88. The topological polar surface area (TPSA) is 216 Å². The van der Waals surface area contributed by atoms with E-state index in [0.29, 0.717) is 19.3 Å². The first-order chi connectivity index (χ1) is 15.9. The Balaban J connectivity index is 3.02. The van der Waals surface area contributed by atoms with Crippen molar-refractivity contribution >= 4 is 35.6 Å². The number of carbonyl (C=O) groups excluding carboxylic acids is 3. The molecular weight excluding hydrogens is 452 g/mol. The third kappa shape index (κ3) is 8.61. The van der Waals surface area contributed by atoms with Crippen molar-refractivity contribution < 1.29 is 44.1 Å². The molecule has 0 radical (unpaired) electrons. The molecule has 13 nitrogen and oxygen atoms in total. The molecule has 0 bridgehead atoms. The Labute approximate surface area is 197 Å². The first-order valence-corrected chi connectivity index (χ1v) is 11.2. The predicted octanol–water partition coefficient (Wildman–Crippen LogP) is -0.865. The summed E-state index contributed by atoms with van der Waals surface area (Å²) in [6.07, 6.45) is -0.0172. The van der Waals surface area contributed by atoms with E-state index >= 15 is 0 Å². The van der Waals surface area contributed by atoms with Gasteiger partial charge in [0.05, 0.1) is 6.04 Å². The summed E-state index contributed by atoms with van der Waals surface area (Å²) in [7, 11) is 0. The van der Waals surface area contributed by atoms with Gasteiger partial charge in [-0.15, -0.1) is 0 Å². The van der Waals surface area contributed by atoms with E-state index in [1.54, 1.807) is 13.8 Å². The first-order valence-electron chi connectivity index (χ1n) is 11.2. The molecule has 0 spiro atoms. The fraction of sp³-hybridized carbons (Fsp3) is 0.714. The van der Waals surface area contributed by atoms with Crippen molar-refractivity contribution in [3.05, 3.63) is 0 Å². The van der Waals surface area contributed by atoms with Crippen LogP contribution in [0.4, 0.5) is 0 Å². The minimum Gasteiger partial charge on any atom is -0.481 e. The van der Waals surface area contributed by atoms with Crippen LogP contribution in [-0.4, -0.2) is 86.6 Å². The van der Waals surface area contributed by atoms with Crippen molar-refractivity contribution in [3.63, 3.8) is 0 Å². The number of aliphatic carboxylic acids is 3. The summed E-state index contributed by atoms with van der Waals surface area (Å²) in [6.45, 7) is 3.73. The van der Waals surface area contributed by atoms with Crippen LogP contribution in [0.25, 0.3) is 0 Å². The second-order valence-electron chi connectivity index (χ2n) is 8.43. The molecule has 34 heavy (non-hydrogen) atoms. The molecule has 3 amide bonds. The van der Waals surface area contributed by atoms with Crippen molar-refractivity contribution in [1.82, 2.24) is 15.5 Å². The van der Waals surface area contributed by atoms with Crippen LogP contribution < -0.4 is 16.4 Å². The van der Waals surface area contributed by atoms with Gasteiger partial charge in [0.1, 0.15) is 18.1 Å². The van der Waals surface area contributed by atoms with Gasteiger partial charge in [-0.3, -0.25) is 24.0 Å². The normalized spacial score (nSPS) is 18.9. The number of nitrogens with zero attached hydrogens (tertiary/aromatic N) is 1. The van der Waals surface area contributed by atoms with E-state index in [4.69, 9.17) is 15.9 Å². The number of likely N-dealkylation sites (tertiary alicyclic amines) is 1. The second kappa shape index (κ2) is 13.5. The molecule has 192 valence electrons. The molecule has 0 aliphatic carbocycles. The molecule has 1 heterocycles. The predicted molar refractivity (Wildman–Crippen MR) is 117 cm³/mol. The Kier molecular flexibility index (Phi) is 11.4. The Morgan fingerprint density at radius 1 is 0.971 bits per heavy atom. The standard InChI is InChI=1S/C21H34N4O9/c1-3-11(2)17(20(32)25-10-4-5-14(25)21(33)34)24-19(31)13(7-9-16(28)29)23-18(30)12(22)6-8-15(26)27/h11-14,17H,3-10,22H2,1-2H3,(H,23,30)(H,24,31)(H,26,27)(H,28,29)(H,33,34). The van der Waals surface area contributed by atoms with E-state index in [1.807, 2.05) is 0 Å². The van der Waals surface area contributed by atoms with E-state index in [0.717, 1.165) is 0 Å². The van der Waals surface area contributed by atoms with Gasteiger partial charge in [-0.25, -0.2) is 4.79 Å². The molecular formula is C21H34N4O9. The zero-order valence-electron chi connectivity index (χ0n) is 19.4. The van der Waals surface area contributed by atoms with E-state index in [1.165, 1.54) is 4.90 Å². The monoisotopic (exact) mass is 486 g/mol. The van der Waals surface area contributed by atoms with Crippen LogP contribution >= 0.6 is 0 Å². The van der Waals surface area contributed by atoms with Gasteiger partial charge in [-0.05, 0) is 31.6 Å². The Bertz CT molecular complexity index is 788. The fourth-order valence-electron chi connectivity index (χ4n) is 3.63. The highest BCUT2D eigenvalue weighted by atomic mass is 16.4.